The highest BCUT2D eigenvalue weighted by molar-refractivity contribution is 5.95. The average Bonchev–Trinajstić information content (AvgIpc) is 2.72. The lowest BCUT2D eigenvalue weighted by atomic mass is 9.86. The first kappa shape index (κ1) is 20.4. The first-order valence-electron chi connectivity index (χ1n) is 9.39. The van der Waals surface area contributed by atoms with E-state index < -0.39 is 5.97 Å². The maximum absolute atomic E-state index is 12.2. The van der Waals surface area contributed by atoms with Crippen molar-refractivity contribution < 1.29 is 14.3 Å². The van der Waals surface area contributed by atoms with E-state index in [1.165, 1.54) is 14.0 Å². The van der Waals surface area contributed by atoms with Crippen molar-refractivity contribution in [3.05, 3.63) is 71.4 Å². The van der Waals surface area contributed by atoms with Crippen LogP contribution in [0.5, 0.6) is 0 Å². The first-order valence-corrected chi connectivity index (χ1v) is 9.39. The van der Waals surface area contributed by atoms with E-state index in [2.05, 4.69) is 0 Å². The minimum Gasteiger partial charge on any atom is -0.465 e. The summed E-state index contributed by atoms with van der Waals surface area (Å²) in [6.07, 6.45) is 1.69. The highest BCUT2D eigenvalue weighted by Crippen LogP contribution is 2.40. The quantitative estimate of drug-likeness (QED) is 0.470. The smallest absolute Gasteiger partial charge is 0.337 e. The zero-order valence-electron chi connectivity index (χ0n) is 16.8. The fraction of sp³-hybridized carbons (Fsp3) is 0.273. The third-order valence-electron chi connectivity index (χ3n) is 5.16. The van der Waals surface area contributed by atoms with Crippen LogP contribution < -0.4 is 16.5 Å². The van der Waals surface area contributed by atoms with Crippen LogP contribution in [-0.4, -0.2) is 30.5 Å². The van der Waals surface area contributed by atoms with Gasteiger partial charge in [0, 0.05) is 36.8 Å². The molecule has 1 aliphatic rings. The average molecular weight is 394 g/mol. The van der Waals surface area contributed by atoms with Crippen molar-refractivity contribution in [2.45, 2.75) is 19.9 Å². The molecule has 0 spiro atoms. The zero-order chi connectivity index (χ0) is 21.1. The van der Waals surface area contributed by atoms with E-state index in [0.29, 0.717) is 17.8 Å². The number of nitrogens with two attached hydrogens (primary N) is 2. The molecule has 1 heterocycles. The maximum atomic E-state index is 12.2. The Morgan fingerprint density at radius 1 is 1.17 bits per heavy atom. The number of ether oxygens (including phenoxy) is 1. The van der Waals surface area contributed by atoms with Gasteiger partial charge in [0.15, 0.2) is 0 Å². The molecule has 2 aromatic carbocycles. The zero-order valence-corrected chi connectivity index (χ0v) is 16.8. The van der Waals surface area contributed by atoms with Gasteiger partial charge in [-0.15, -0.1) is 0 Å². The number of fused-ring (bicyclic) bond motifs is 1. The molecule has 0 fully saturated rings. The Balaban J connectivity index is 2.05. The van der Waals surface area contributed by atoms with E-state index in [9.17, 15) is 9.59 Å². The molecule has 1 aliphatic heterocycles. The second-order valence-electron chi connectivity index (χ2n) is 7.21. The Morgan fingerprint density at radius 3 is 2.48 bits per heavy atom. The van der Waals surface area contributed by atoms with Gasteiger partial charge in [0.2, 0.25) is 5.91 Å². The molecule has 0 radical (unpaired) electrons. The largest absolute Gasteiger partial charge is 0.465 e. The van der Waals surface area contributed by atoms with Crippen LogP contribution in [-0.2, 0) is 9.53 Å². The van der Waals surface area contributed by atoms with Gasteiger partial charge in [-0.05, 0) is 23.8 Å². The molecule has 0 aliphatic carbocycles. The number of anilines is 1. The van der Waals surface area contributed by atoms with Crippen LogP contribution >= 0.6 is 0 Å². The number of carbonyl (C=O) groups is 2. The van der Waals surface area contributed by atoms with Crippen molar-refractivity contribution in [3.8, 4) is 0 Å². The van der Waals surface area contributed by atoms with Crippen LogP contribution in [0.2, 0.25) is 0 Å². The number of amides is 1. The molecule has 0 saturated heterocycles. The van der Waals surface area contributed by atoms with Crippen LogP contribution in [0.15, 0.2) is 54.7 Å². The molecular weight excluding hydrogens is 368 g/mol. The Bertz CT molecular complexity index is 942. The van der Waals surface area contributed by atoms with Gasteiger partial charge in [-0.25, -0.2) is 10.6 Å². The molecule has 7 nitrogen and oxygen atoms in total. The van der Waals surface area contributed by atoms with Gasteiger partial charge < -0.3 is 20.4 Å². The topological polar surface area (TPSA) is 102 Å². The van der Waals surface area contributed by atoms with Crippen molar-refractivity contribution in [3.63, 3.8) is 0 Å². The minimum atomic E-state index is -0.443. The number of carbonyl (C=O) groups excluding carboxylic acids is 2. The fourth-order valence-corrected chi connectivity index (χ4v) is 3.77. The molecule has 0 bridgehead atoms. The van der Waals surface area contributed by atoms with Gasteiger partial charge in [0.25, 0.3) is 0 Å². The Morgan fingerprint density at radius 2 is 1.86 bits per heavy atom. The first-order chi connectivity index (χ1) is 13.8. The Kier molecular flexibility index (Phi) is 5.89. The van der Waals surface area contributed by atoms with Gasteiger partial charge in [0.1, 0.15) is 0 Å². The lowest BCUT2D eigenvalue weighted by Gasteiger charge is -2.42. The Hall–Kier alpha value is -3.32. The third kappa shape index (κ3) is 4.09. The van der Waals surface area contributed by atoms with E-state index in [0.717, 1.165) is 16.8 Å². The van der Waals surface area contributed by atoms with Gasteiger partial charge in [-0.1, -0.05) is 37.3 Å². The number of nitrogens with zero attached hydrogens (tertiary/aromatic N) is 2. The van der Waals surface area contributed by atoms with Gasteiger partial charge >= 0.3 is 5.97 Å². The summed E-state index contributed by atoms with van der Waals surface area (Å²) in [7, 11) is 1.34. The van der Waals surface area contributed by atoms with Crippen LogP contribution in [0, 0.1) is 5.92 Å². The Labute approximate surface area is 170 Å². The highest BCUT2D eigenvalue weighted by atomic mass is 16.5. The molecule has 7 heteroatoms. The molecule has 1 unspecified atom stereocenters. The predicted octanol–water partition coefficient (Wildman–Crippen LogP) is 2.65. The van der Waals surface area contributed by atoms with Crippen molar-refractivity contribution in [2.24, 2.45) is 17.5 Å². The molecule has 3 rings (SSSR count). The summed E-state index contributed by atoms with van der Waals surface area (Å²) in [5.74, 6) is 5.93. The molecule has 4 N–H and O–H groups in total. The SMILES string of the molecule is COC(=O)c1ccc2c(c1)C(N(N)/C=C(\N)c1ccccc1)[C@H](C)CN2C(C)=O. The van der Waals surface area contributed by atoms with Crippen molar-refractivity contribution >= 4 is 23.3 Å². The monoisotopic (exact) mass is 394 g/mol. The predicted molar refractivity (Wildman–Crippen MR) is 112 cm³/mol. The number of rotatable bonds is 4. The molecule has 2 atom stereocenters. The summed E-state index contributed by atoms with van der Waals surface area (Å²) in [6.45, 7) is 4.05. The van der Waals surface area contributed by atoms with Crippen LogP contribution in [0.3, 0.4) is 0 Å². The van der Waals surface area contributed by atoms with E-state index in [1.807, 2.05) is 37.3 Å². The number of hydrogen-bond acceptors (Lipinski definition) is 6. The van der Waals surface area contributed by atoms with Crippen LogP contribution in [0.4, 0.5) is 5.69 Å². The van der Waals surface area contributed by atoms with Crippen molar-refractivity contribution in [1.29, 1.82) is 0 Å². The summed E-state index contributed by atoms with van der Waals surface area (Å²) >= 11 is 0. The van der Waals surface area contributed by atoms with Crippen molar-refractivity contribution in [1.82, 2.24) is 5.01 Å². The summed E-state index contributed by atoms with van der Waals surface area (Å²) in [6, 6.07) is 14.4. The van der Waals surface area contributed by atoms with Crippen LogP contribution in [0.25, 0.3) is 5.70 Å². The van der Waals surface area contributed by atoms with Gasteiger partial charge in [0.05, 0.1) is 24.4 Å². The summed E-state index contributed by atoms with van der Waals surface area (Å²) in [5, 5.41) is 1.56. The minimum absolute atomic E-state index is 0.00382. The lowest BCUT2D eigenvalue weighted by Crippen LogP contribution is -2.46. The summed E-state index contributed by atoms with van der Waals surface area (Å²) in [4.78, 5) is 25.9. The number of benzene rings is 2. The molecule has 0 saturated carbocycles. The van der Waals surface area contributed by atoms with Crippen LogP contribution in [0.1, 0.15) is 41.4 Å². The molecule has 152 valence electrons. The summed E-state index contributed by atoms with van der Waals surface area (Å²) in [5.41, 5.74) is 9.55. The van der Waals surface area contributed by atoms with Crippen molar-refractivity contribution in [2.75, 3.05) is 18.6 Å². The number of methoxy groups -OCH3 is 1. The molecular formula is C22H26N4O3. The highest BCUT2D eigenvalue weighted by Gasteiger charge is 2.35. The van der Waals surface area contributed by atoms with E-state index >= 15 is 0 Å². The molecule has 29 heavy (non-hydrogen) atoms. The second-order valence-corrected chi connectivity index (χ2v) is 7.21. The van der Waals surface area contributed by atoms with E-state index in [-0.39, 0.29) is 17.9 Å². The number of esters is 1. The molecule has 1 amide bonds. The third-order valence-corrected chi connectivity index (χ3v) is 5.16. The normalized spacial score (nSPS) is 18.8. The lowest BCUT2D eigenvalue weighted by molar-refractivity contribution is -0.116. The second kappa shape index (κ2) is 8.36. The maximum Gasteiger partial charge on any atom is 0.337 e. The van der Waals surface area contributed by atoms with E-state index in [4.69, 9.17) is 16.3 Å². The van der Waals surface area contributed by atoms with Gasteiger partial charge in [-0.3, -0.25) is 4.79 Å². The number of hydrogen-bond donors (Lipinski definition) is 2. The molecule has 2 aromatic rings. The fourth-order valence-electron chi connectivity index (χ4n) is 3.77. The van der Waals surface area contributed by atoms with Gasteiger partial charge in [-0.2, -0.15) is 0 Å². The summed E-state index contributed by atoms with van der Waals surface area (Å²) < 4.78 is 4.85. The molecule has 0 aromatic heterocycles. The van der Waals surface area contributed by atoms with E-state index in [1.54, 1.807) is 34.3 Å². The standard InChI is InChI=1S/C22H26N4O3/c1-14-12-25(15(2)27)20-10-9-17(22(28)29-3)11-18(20)21(14)26(24)13-19(23)16-7-5-4-6-8-16/h4-11,13-14,21H,12,23-24H2,1-3H3/b19-13-/t14-,21?/m1/s1. The number of hydrazine groups is 1.